The Kier molecular flexibility index (Phi) is 13.1. The molecular weight excluding hydrogens is 460 g/mol. The molecule has 2 aromatic rings. The van der Waals surface area contributed by atoms with Crippen molar-refractivity contribution in [2.75, 3.05) is 34.0 Å². The second kappa shape index (κ2) is 16.0. The molecule has 3 atom stereocenters. The number of carbonyl (C=O) groups excluding carboxylic acids is 1. The van der Waals surface area contributed by atoms with Gasteiger partial charge >= 0.3 is 6.09 Å². The lowest BCUT2D eigenvalue weighted by Crippen LogP contribution is -2.45. The summed E-state index contributed by atoms with van der Waals surface area (Å²) in [7, 11) is 3.29. The van der Waals surface area contributed by atoms with E-state index in [4.69, 9.17) is 24.7 Å². The van der Waals surface area contributed by atoms with Crippen molar-refractivity contribution in [1.29, 1.82) is 0 Å². The summed E-state index contributed by atoms with van der Waals surface area (Å²) in [5.41, 5.74) is 8.34. The minimum absolute atomic E-state index is 0.0294. The van der Waals surface area contributed by atoms with E-state index in [1.54, 1.807) is 14.2 Å². The van der Waals surface area contributed by atoms with E-state index < -0.39 is 18.2 Å². The Hall–Kier alpha value is -2.81. The van der Waals surface area contributed by atoms with Crippen LogP contribution in [0.15, 0.2) is 48.5 Å². The van der Waals surface area contributed by atoms with Gasteiger partial charge < -0.3 is 35.1 Å². The van der Waals surface area contributed by atoms with Gasteiger partial charge in [-0.15, -0.1) is 0 Å². The number of nitrogens with one attached hydrogen (secondary N) is 1. The van der Waals surface area contributed by atoms with Crippen molar-refractivity contribution in [2.45, 2.75) is 51.9 Å². The van der Waals surface area contributed by atoms with Crippen LogP contribution in [0.3, 0.4) is 0 Å². The molecule has 0 heterocycles. The monoisotopic (exact) mass is 502 g/mol. The number of benzene rings is 2. The summed E-state index contributed by atoms with van der Waals surface area (Å²) in [5.74, 6) is 1.97. The van der Waals surface area contributed by atoms with Crippen LogP contribution in [0.25, 0.3) is 0 Å². The van der Waals surface area contributed by atoms with Gasteiger partial charge in [-0.2, -0.15) is 0 Å². The predicted octanol–water partition coefficient (Wildman–Crippen LogP) is 3.93. The minimum atomic E-state index is -0.883. The molecule has 0 aromatic heterocycles. The van der Waals surface area contributed by atoms with Crippen LogP contribution in [0.2, 0.25) is 0 Å². The molecule has 200 valence electrons. The average Bonchev–Trinajstić information content (AvgIpc) is 2.88. The lowest BCUT2D eigenvalue weighted by atomic mass is 9.83. The van der Waals surface area contributed by atoms with Crippen LogP contribution in [0.4, 0.5) is 4.79 Å². The van der Waals surface area contributed by atoms with Gasteiger partial charge in [-0.1, -0.05) is 50.2 Å². The lowest BCUT2D eigenvalue weighted by Gasteiger charge is -2.27. The molecule has 8 nitrogen and oxygen atoms in total. The van der Waals surface area contributed by atoms with E-state index in [1.165, 1.54) is 0 Å². The first kappa shape index (κ1) is 29.4. The molecule has 4 N–H and O–H groups in total. The van der Waals surface area contributed by atoms with E-state index in [-0.39, 0.29) is 19.1 Å². The number of carbonyl (C=O) groups is 1. The Bertz CT molecular complexity index is 893. The molecule has 0 saturated heterocycles. The smallest absolute Gasteiger partial charge is 0.407 e. The zero-order valence-electron chi connectivity index (χ0n) is 21.9. The van der Waals surface area contributed by atoms with E-state index in [2.05, 4.69) is 19.2 Å². The fourth-order valence-corrected chi connectivity index (χ4v) is 3.86. The van der Waals surface area contributed by atoms with Crippen LogP contribution in [0, 0.1) is 11.8 Å². The number of hydrogen-bond donors (Lipinski definition) is 3. The standard InChI is InChI=1S/C28H42N2O6/c1-20(2)23(15-22-11-12-26(34-4)27(16-22)35-14-8-13-33-3)17-24(29)25(31)18-30-28(32)36-19-21-9-6-5-7-10-21/h5-7,9-12,16,20,23-25,31H,8,13-15,17-19,29H2,1-4H3,(H,30,32)/t23-,24-,25-/m0/s1. The second-order valence-corrected chi connectivity index (χ2v) is 9.30. The number of methoxy groups -OCH3 is 2. The molecule has 0 aliphatic heterocycles. The third-order valence-electron chi connectivity index (χ3n) is 6.16. The Morgan fingerprint density at radius 2 is 1.78 bits per heavy atom. The number of alkyl carbamates (subject to hydrolysis) is 1. The summed E-state index contributed by atoms with van der Waals surface area (Å²) < 4.78 is 21.6. The molecule has 0 aliphatic carbocycles. The highest BCUT2D eigenvalue weighted by Crippen LogP contribution is 2.31. The van der Waals surface area contributed by atoms with Gasteiger partial charge in [0.15, 0.2) is 11.5 Å². The summed E-state index contributed by atoms with van der Waals surface area (Å²) >= 11 is 0. The highest BCUT2D eigenvalue weighted by molar-refractivity contribution is 5.67. The van der Waals surface area contributed by atoms with Gasteiger partial charge in [0, 0.05) is 32.7 Å². The van der Waals surface area contributed by atoms with Gasteiger partial charge in [0.25, 0.3) is 0 Å². The SMILES string of the molecule is COCCCOc1cc(C[C@@H](C[C@H](N)[C@@H](O)CNC(=O)OCc2ccccc2)C(C)C)ccc1OC. The highest BCUT2D eigenvalue weighted by Gasteiger charge is 2.23. The summed E-state index contributed by atoms with van der Waals surface area (Å²) in [6.07, 6.45) is 0.713. The Labute approximate surface area is 215 Å². The molecule has 2 aromatic carbocycles. The molecule has 1 amide bonds. The molecule has 0 unspecified atom stereocenters. The van der Waals surface area contributed by atoms with Gasteiger partial charge in [0.2, 0.25) is 0 Å². The molecule has 0 aliphatic rings. The first-order chi connectivity index (χ1) is 17.3. The van der Waals surface area contributed by atoms with Crippen molar-refractivity contribution in [3.05, 3.63) is 59.7 Å². The molecule has 8 heteroatoms. The van der Waals surface area contributed by atoms with E-state index in [0.717, 1.165) is 24.0 Å². The number of hydrogen-bond acceptors (Lipinski definition) is 7. The predicted molar refractivity (Wildman–Crippen MR) is 140 cm³/mol. The molecule has 36 heavy (non-hydrogen) atoms. The van der Waals surface area contributed by atoms with Crippen molar-refractivity contribution in [3.63, 3.8) is 0 Å². The van der Waals surface area contributed by atoms with Gasteiger partial charge in [-0.3, -0.25) is 0 Å². The maximum atomic E-state index is 12.0. The molecule has 0 radical (unpaired) electrons. The van der Waals surface area contributed by atoms with E-state index >= 15 is 0 Å². The number of rotatable bonds is 16. The summed E-state index contributed by atoms with van der Waals surface area (Å²) in [6, 6.07) is 14.9. The third kappa shape index (κ3) is 10.4. The van der Waals surface area contributed by atoms with Gasteiger partial charge in [0.05, 0.1) is 19.8 Å². The molecular formula is C28H42N2O6. The van der Waals surface area contributed by atoms with Crippen molar-refractivity contribution in [3.8, 4) is 11.5 Å². The van der Waals surface area contributed by atoms with Gasteiger partial charge in [0.1, 0.15) is 6.61 Å². The van der Waals surface area contributed by atoms with Gasteiger partial charge in [-0.05, 0) is 47.9 Å². The van der Waals surface area contributed by atoms with Crippen LogP contribution in [-0.2, 0) is 22.5 Å². The molecule has 2 rings (SSSR count). The largest absolute Gasteiger partial charge is 0.493 e. The molecule has 0 saturated carbocycles. The third-order valence-corrected chi connectivity index (χ3v) is 6.16. The quantitative estimate of drug-likeness (QED) is 0.298. The zero-order chi connectivity index (χ0) is 26.3. The average molecular weight is 503 g/mol. The lowest BCUT2D eigenvalue weighted by molar-refractivity contribution is 0.108. The zero-order valence-corrected chi connectivity index (χ0v) is 21.9. The van der Waals surface area contributed by atoms with E-state index in [0.29, 0.717) is 37.1 Å². The van der Waals surface area contributed by atoms with Crippen molar-refractivity contribution < 1.29 is 28.8 Å². The van der Waals surface area contributed by atoms with Gasteiger partial charge in [-0.25, -0.2) is 4.79 Å². The molecule has 0 bridgehead atoms. The normalized spacial score (nSPS) is 13.6. The summed E-state index contributed by atoms with van der Waals surface area (Å²) in [5, 5.41) is 13.2. The Morgan fingerprint density at radius 3 is 2.44 bits per heavy atom. The van der Waals surface area contributed by atoms with Crippen LogP contribution < -0.4 is 20.5 Å². The number of aliphatic hydroxyl groups is 1. The van der Waals surface area contributed by atoms with Crippen LogP contribution >= 0.6 is 0 Å². The van der Waals surface area contributed by atoms with E-state index in [1.807, 2.05) is 48.5 Å². The highest BCUT2D eigenvalue weighted by atomic mass is 16.5. The summed E-state index contributed by atoms with van der Waals surface area (Å²) in [6.45, 7) is 5.67. The maximum absolute atomic E-state index is 12.0. The van der Waals surface area contributed by atoms with Crippen LogP contribution in [-0.4, -0.2) is 57.3 Å². The van der Waals surface area contributed by atoms with Crippen molar-refractivity contribution in [2.24, 2.45) is 17.6 Å². The van der Waals surface area contributed by atoms with E-state index in [9.17, 15) is 9.90 Å². The number of ether oxygens (including phenoxy) is 4. The molecule has 0 spiro atoms. The number of amides is 1. The van der Waals surface area contributed by atoms with Crippen molar-refractivity contribution >= 4 is 6.09 Å². The molecule has 0 fully saturated rings. The minimum Gasteiger partial charge on any atom is -0.493 e. The number of nitrogens with two attached hydrogens (primary N) is 1. The fraction of sp³-hybridized carbons (Fsp3) is 0.536. The van der Waals surface area contributed by atoms with Crippen LogP contribution in [0.5, 0.6) is 11.5 Å². The van der Waals surface area contributed by atoms with Crippen molar-refractivity contribution in [1.82, 2.24) is 5.32 Å². The summed E-state index contributed by atoms with van der Waals surface area (Å²) in [4.78, 5) is 12.0. The topological polar surface area (TPSA) is 112 Å². The fourth-order valence-electron chi connectivity index (χ4n) is 3.86. The first-order valence-corrected chi connectivity index (χ1v) is 12.5. The Morgan fingerprint density at radius 1 is 1.03 bits per heavy atom. The van der Waals surface area contributed by atoms with Crippen LogP contribution in [0.1, 0.15) is 37.8 Å². The number of aliphatic hydroxyl groups excluding tert-OH is 1. The Balaban J connectivity index is 1.87. The maximum Gasteiger partial charge on any atom is 0.407 e. The first-order valence-electron chi connectivity index (χ1n) is 12.5. The second-order valence-electron chi connectivity index (χ2n) is 9.30.